The van der Waals surface area contributed by atoms with E-state index in [9.17, 15) is 0 Å². The largest absolute Gasteiger partial charge is 0.496 e. The lowest BCUT2D eigenvalue weighted by molar-refractivity contribution is 0.409. The minimum atomic E-state index is 0.0840. The zero-order chi connectivity index (χ0) is 14.8. The smallest absolute Gasteiger partial charge is 0.123 e. The van der Waals surface area contributed by atoms with E-state index in [0.717, 1.165) is 36.4 Å². The van der Waals surface area contributed by atoms with Crippen molar-refractivity contribution in [1.82, 2.24) is 0 Å². The van der Waals surface area contributed by atoms with Gasteiger partial charge in [-0.15, -0.1) is 0 Å². The minimum absolute atomic E-state index is 0.0840. The number of nitrogen functional groups attached to an aromatic ring is 1. The Hall–Kier alpha value is -2.49. The molecule has 3 N–H and O–H groups in total. The van der Waals surface area contributed by atoms with Crippen LogP contribution < -0.4 is 15.4 Å². The number of amidine groups is 1. The van der Waals surface area contributed by atoms with Crippen molar-refractivity contribution >= 4 is 11.5 Å². The van der Waals surface area contributed by atoms with Gasteiger partial charge >= 0.3 is 0 Å². The Bertz CT molecular complexity index is 681. The molecule has 3 rings (SSSR count). The molecule has 0 saturated heterocycles. The summed E-state index contributed by atoms with van der Waals surface area (Å²) in [6, 6.07) is 14.1. The molecular formula is C17H19N3O. The van der Waals surface area contributed by atoms with Crippen LogP contribution >= 0.6 is 0 Å². The minimum Gasteiger partial charge on any atom is -0.496 e. The maximum absolute atomic E-state index is 7.58. The number of anilines is 1. The lowest BCUT2D eigenvalue weighted by Crippen LogP contribution is -2.20. The SMILES string of the molecule is COc1ccc(C(=N)N)cc1CN1CCc2ccccc21. The fourth-order valence-electron chi connectivity index (χ4n) is 2.85. The van der Waals surface area contributed by atoms with Crippen LogP contribution in [0.1, 0.15) is 16.7 Å². The molecule has 2 aromatic carbocycles. The highest BCUT2D eigenvalue weighted by molar-refractivity contribution is 5.95. The summed E-state index contributed by atoms with van der Waals surface area (Å²) in [5.74, 6) is 0.921. The highest BCUT2D eigenvalue weighted by Gasteiger charge is 2.19. The number of rotatable bonds is 4. The summed E-state index contributed by atoms with van der Waals surface area (Å²) < 4.78 is 5.44. The fraction of sp³-hybridized carbons (Fsp3) is 0.235. The molecule has 1 aliphatic heterocycles. The lowest BCUT2D eigenvalue weighted by atomic mass is 10.1. The van der Waals surface area contributed by atoms with E-state index in [1.54, 1.807) is 7.11 Å². The maximum Gasteiger partial charge on any atom is 0.123 e. The molecule has 0 fully saturated rings. The molecule has 0 amide bonds. The summed E-state index contributed by atoms with van der Waals surface area (Å²) in [5, 5.41) is 7.58. The van der Waals surface area contributed by atoms with Crippen molar-refractivity contribution in [2.75, 3.05) is 18.6 Å². The number of nitrogens with one attached hydrogen (secondary N) is 1. The topological polar surface area (TPSA) is 62.3 Å². The number of nitrogens with two attached hydrogens (primary N) is 1. The monoisotopic (exact) mass is 281 g/mol. The van der Waals surface area contributed by atoms with Gasteiger partial charge in [0.25, 0.3) is 0 Å². The molecule has 0 unspecified atom stereocenters. The summed E-state index contributed by atoms with van der Waals surface area (Å²) in [6.07, 6.45) is 1.07. The summed E-state index contributed by atoms with van der Waals surface area (Å²) >= 11 is 0. The van der Waals surface area contributed by atoms with Crippen LogP contribution in [-0.2, 0) is 13.0 Å². The van der Waals surface area contributed by atoms with Crippen LogP contribution in [0.2, 0.25) is 0 Å². The normalized spacial score (nSPS) is 13.1. The Kier molecular flexibility index (Phi) is 3.52. The Morgan fingerprint density at radius 2 is 2.10 bits per heavy atom. The number of nitrogens with zero attached hydrogens (tertiary/aromatic N) is 1. The van der Waals surface area contributed by atoms with Gasteiger partial charge in [0.1, 0.15) is 11.6 Å². The third kappa shape index (κ3) is 2.57. The molecule has 0 aliphatic carbocycles. The van der Waals surface area contributed by atoms with E-state index in [2.05, 4.69) is 29.2 Å². The van der Waals surface area contributed by atoms with Gasteiger partial charge in [-0.25, -0.2) is 0 Å². The first-order valence-electron chi connectivity index (χ1n) is 7.03. The Balaban J connectivity index is 1.91. The van der Waals surface area contributed by atoms with E-state index < -0.39 is 0 Å². The van der Waals surface area contributed by atoms with Crippen molar-refractivity contribution in [1.29, 1.82) is 5.41 Å². The predicted octanol–water partition coefficient (Wildman–Crippen LogP) is 2.54. The average Bonchev–Trinajstić information content (AvgIpc) is 2.90. The summed E-state index contributed by atoms with van der Waals surface area (Å²) in [7, 11) is 1.67. The van der Waals surface area contributed by atoms with Gasteiger partial charge in [-0.3, -0.25) is 5.41 Å². The van der Waals surface area contributed by atoms with Crippen molar-refractivity contribution in [2.45, 2.75) is 13.0 Å². The standard InChI is InChI=1S/C17H19N3O/c1-21-16-7-6-13(17(18)19)10-14(16)11-20-9-8-12-4-2-3-5-15(12)20/h2-7,10H,8-9,11H2,1H3,(H3,18,19). The highest BCUT2D eigenvalue weighted by Crippen LogP contribution is 2.31. The maximum atomic E-state index is 7.58. The van der Waals surface area contributed by atoms with Crippen molar-refractivity contribution < 1.29 is 4.74 Å². The molecule has 0 atom stereocenters. The summed E-state index contributed by atoms with van der Waals surface area (Å²) in [6.45, 7) is 1.77. The van der Waals surface area contributed by atoms with Crippen molar-refractivity contribution in [3.05, 3.63) is 59.2 Å². The second-order valence-electron chi connectivity index (χ2n) is 5.24. The van der Waals surface area contributed by atoms with Gasteiger partial charge in [-0.2, -0.15) is 0 Å². The molecule has 1 aliphatic rings. The van der Waals surface area contributed by atoms with Gasteiger partial charge in [-0.05, 0) is 36.2 Å². The number of para-hydroxylation sites is 1. The van der Waals surface area contributed by atoms with Crippen LogP contribution in [0.15, 0.2) is 42.5 Å². The molecule has 108 valence electrons. The molecule has 4 heteroatoms. The van der Waals surface area contributed by atoms with E-state index in [1.807, 2.05) is 18.2 Å². The van der Waals surface area contributed by atoms with Gasteiger partial charge < -0.3 is 15.4 Å². The zero-order valence-corrected chi connectivity index (χ0v) is 12.1. The van der Waals surface area contributed by atoms with Gasteiger partial charge in [-0.1, -0.05) is 18.2 Å². The van der Waals surface area contributed by atoms with Crippen LogP contribution in [0.3, 0.4) is 0 Å². The zero-order valence-electron chi connectivity index (χ0n) is 12.1. The van der Waals surface area contributed by atoms with E-state index in [1.165, 1.54) is 11.3 Å². The second-order valence-corrected chi connectivity index (χ2v) is 5.24. The number of fused-ring (bicyclic) bond motifs is 1. The molecule has 0 saturated carbocycles. The first-order chi connectivity index (χ1) is 10.2. The molecule has 2 aromatic rings. The van der Waals surface area contributed by atoms with Crippen LogP contribution in [0.25, 0.3) is 0 Å². The third-order valence-electron chi connectivity index (χ3n) is 3.94. The fourth-order valence-corrected chi connectivity index (χ4v) is 2.85. The Morgan fingerprint density at radius 1 is 1.29 bits per heavy atom. The first kappa shape index (κ1) is 13.5. The first-order valence-corrected chi connectivity index (χ1v) is 7.03. The van der Waals surface area contributed by atoms with Gasteiger partial charge in [0, 0.05) is 29.9 Å². The molecule has 1 heterocycles. The van der Waals surface area contributed by atoms with Crippen LogP contribution in [0, 0.1) is 5.41 Å². The Morgan fingerprint density at radius 3 is 2.86 bits per heavy atom. The average molecular weight is 281 g/mol. The van der Waals surface area contributed by atoms with Crippen LogP contribution in [0.5, 0.6) is 5.75 Å². The number of ether oxygens (including phenoxy) is 1. The predicted molar refractivity (Wildman–Crippen MR) is 85.2 cm³/mol. The van der Waals surface area contributed by atoms with Gasteiger partial charge in [0.2, 0.25) is 0 Å². The number of methoxy groups -OCH3 is 1. The van der Waals surface area contributed by atoms with Gasteiger partial charge in [0.15, 0.2) is 0 Å². The lowest BCUT2D eigenvalue weighted by Gasteiger charge is -2.21. The summed E-state index contributed by atoms with van der Waals surface area (Å²) in [4.78, 5) is 2.34. The number of hydrogen-bond donors (Lipinski definition) is 2. The Labute approximate surface area is 124 Å². The molecule has 0 spiro atoms. The van der Waals surface area contributed by atoms with E-state index in [4.69, 9.17) is 15.9 Å². The van der Waals surface area contributed by atoms with Crippen molar-refractivity contribution in [3.8, 4) is 5.75 Å². The van der Waals surface area contributed by atoms with Gasteiger partial charge in [0.05, 0.1) is 7.11 Å². The number of benzene rings is 2. The van der Waals surface area contributed by atoms with E-state index in [0.29, 0.717) is 0 Å². The van der Waals surface area contributed by atoms with E-state index in [-0.39, 0.29) is 5.84 Å². The highest BCUT2D eigenvalue weighted by atomic mass is 16.5. The molecule has 0 bridgehead atoms. The molecule has 0 radical (unpaired) electrons. The quantitative estimate of drug-likeness (QED) is 0.668. The molecular weight excluding hydrogens is 262 g/mol. The van der Waals surface area contributed by atoms with Crippen molar-refractivity contribution in [2.24, 2.45) is 5.73 Å². The van der Waals surface area contributed by atoms with E-state index >= 15 is 0 Å². The third-order valence-corrected chi connectivity index (χ3v) is 3.94. The molecule has 21 heavy (non-hydrogen) atoms. The molecule has 0 aromatic heterocycles. The summed E-state index contributed by atoms with van der Waals surface area (Å²) in [5.41, 5.74) is 10.1. The van der Waals surface area contributed by atoms with Crippen LogP contribution in [0.4, 0.5) is 5.69 Å². The molecule has 4 nitrogen and oxygen atoms in total. The second kappa shape index (κ2) is 5.48. The van der Waals surface area contributed by atoms with Crippen LogP contribution in [-0.4, -0.2) is 19.5 Å². The number of hydrogen-bond acceptors (Lipinski definition) is 3. The van der Waals surface area contributed by atoms with Crippen molar-refractivity contribution in [3.63, 3.8) is 0 Å².